The summed E-state index contributed by atoms with van der Waals surface area (Å²) in [4.78, 5) is 0. The van der Waals surface area contributed by atoms with Crippen molar-refractivity contribution in [1.82, 2.24) is 14.1 Å². The lowest BCUT2D eigenvalue weighted by Gasteiger charge is -2.12. The molecule has 0 aliphatic carbocycles. The summed E-state index contributed by atoms with van der Waals surface area (Å²) in [6, 6.07) is 6.57. The van der Waals surface area contributed by atoms with Crippen molar-refractivity contribution in [1.29, 1.82) is 0 Å². The monoisotopic (exact) mass is 291 g/mol. The van der Waals surface area contributed by atoms with Crippen LogP contribution in [0.4, 0.5) is 4.39 Å². The summed E-state index contributed by atoms with van der Waals surface area (Å²) in [6.07, 6.45) is 2.70. The first kappa shape index (κ1) is 13.2. The van der Waals surface area contributed by atoms with E-state index in [1.165, 1.54) is 6.07 Å². The van der Waals surface area contributed by atoms with Crippen LogP contribution in [0.1, 0.15) is 30.8 Å². The smallest absolute Gasteiger partial charge is 0.169 e. The number of nitrogens with zero attached hydrogens (tertiary/aromatic N) is 2. The van der Waals surface area contributed by atoms with Gasteiger partial charge < -0.3 is 9.73 Å². The number of fused-ring (bicyclic) bond motifs is 1. The Morgan fingerprint density at radius 2 is 2.35 bits per heavy atom. The van der Waals surface area contributed by atoms with Gasteiger partial charge >= 0.3 is 0 Å². The van der Waals surface area contributed by atoms with Crippen LogP contribution >= 0.6 is 11.7 Å². The van der Waals surface area contributed by atoms with Crippen molar-refractivity contribution in [3.63, 3.8) is 0 Å². The minimum Gasteiger partial charge on any atom is -0.456 e. The van der Waals surface area contributed by atoms with Crippen molar-refractivity contribution in [3.05, 3.63) is 47.7 Å². The van der Waals surface area contributed by atoms with Crippen molar-refractivity contribution in [3.8, 4) is 0 Å². The SMILES string of the molecule is CCCNC(c1cnsn1)c1cc2cccc(F)c2o1. The number of halogens is 1. The zero-order valence-corrected chi connectivity index (χ0v) is 11.8. The van der Waals surface area contributed by atoms with E-state index in [0.29, 0.717) is 5.76 Å². The summed E-state index contributed by atoms with van der Waals surface area (Å²) in [5, 5.41) is 4.11. The summed E-state index contributed by atoms with van der Waals surface area (Å²) < 4.78 is 27.7. The fraction of sp³-hybridized carbons (Fsp3) is 0.286. The molecule has 2 aromatic heterocycles. The van der Waals surface area contributed by atoms with Gasteiger partial charge in [-0.05, 0) is 25.1 Å². The molecular weight excluding hydrogens is 277 g/mol. The molecule has 3 aromatic rings. The standard InChI is InChI=1S/C14H14FN3OS/c1-2-6-16-13(11-8-17-20-18-11)12-7-9-4-3-5-10(15)14(9)19-12/h3-5,7-8,13,16H,2,6H2,1H3. The van der Waals surface area contributed by atoms with E-state index in [9.17, 15) is 4.39 Å². The molecule has 0 bridgehead atoms. The number of benzene rings is 1. The Morgan fingerprint density at radius 1 is 1.45 bits per heavy atom. The van der Waals surface area contributed by atoms with Crippen LogP contribution < -0.4 is 5.32 Å². The summed E-state index contributed by atoms with van der Waals surface area (Å²) in [6.45, 7) is 2.91. The number of hydrogen-bond donors (Lipinski definition) is 1. The van der Waals surface area contributed by atoms with Crippen LogP contribution in [-0.2, 0) is 0 Å². The van der Waals surface area contributed by atoms with E-state index in [0.717, 1.165) is 35.8 Å². The van der Waals surface area contributed by atoms with Gasteiger partial charge in [-0.2, -0.15) is 8.75 Å². The lowest BCUT2D eigenvalue weighted by atomic mass is 10.1. The van der Waals surface area contributed by atoms with Crippen LogP contribution in [-0.4, -0.2) is 15.3 Å². The number of rotatable bonds is 5. The van der Waals surface area contributed by atoms with Gasteiger partial charge in [0, 0.05) is 5.39 Å². The zero-order valence-electron chi connectivity index (χ0n) is 11.0. The number of hydrogen-bond acceptors (Lipinski definition) is 5. The second-order valence-electron chi connectivity index (χ2n) is 4.53. The molecule has 0 saturated heterocycles. The van der Waals surface area contributed by atoms with E-state index in [1.54, 1.807) is 12.3 Å². The maximum absolute atomic E-state index is 13.7. The van der Waals surface area contributed by atoms with Crippen molar-refractivity contribution in [2.75, 3.05) is 6.54 Å². The average molecular weight is 291 g/mol. The lowest BCUT2D eigenvalue weighted by molar-refractivity contribution is 0.455. The Morgan fingerprint density at radius 3 is 3.05 bits per heavy atom. The van der Waals surface area contributed by atoms with Gasteiger partial charge in [-0.15, -0.1) is 0 Å². The first-order valence-corrected chi connectivity index (χ1v) is 7.21. The van der Waals surface area contributed by atoms with Crippen molar-refractivity contribution >= 4 is 22.7 Å². The highest BCUT2D eigenvalue weighted by molar-refractivity contribution is 6.99. The van der Waals surface area contributed by atoms with Crippen LogP contribution in [0.15, 0.2) is 34.9 Å². The van der Waals surface area contributed by atoms with Gasteiger partial charge in [0.05, 0.1) is 23.6 Å². The Hall–Kier alpha value is -1.79. The molecule has 0 radical (unpaired) electrons. The molecule has 1 aromatic carbocycles. The maximum Gasteiger partial charge on any atom is 0.169 e. The fourth-order valence-corrected chi connectivity index (χ4v) is 2.58. The molecule has 0 fully saturated rings. The summed E-state index contributed by atoms with van der Waals surface area (Å²) in [5.74, 6) is 0.311. The first-order chi connectivity index (χ1) is 9.79. The van der Waals surface area contributed by atoms with Gasteiger partial charge in [0.2, 0.25) is 0 Å². The molecular formula is C14H14FN3OS. The number of aromatic nitrogens is 2. The highest BCUT2D eigenvalue weighted by Gasteiger charge is 2.21. The van der Waals surface area contributed by atoms with Crippen LogP contribution in [0.25, 0.3) is 11.0 Å². The first-order valence-electron chi connectivity index (χ1n) is 6.48. The number of nitrogens with one attached hydrogen (secondary N) is 1. The average Bonchev–Trinajstić information content (AvgIpc) is 3.09. The van der Waals surface area contributed by atoms with Gasteiger partial charge in [-0.25, -0.2) is 4.39 Å². The summed E-state index contributed by atoms with van der Waals surface area (Å²) >= 11 is 1.15. The third kappa shape index (κ3) is 2.44. The maximum atomic E-state index is 13.7. The predicted octanol–water partition coefficient (Wildman–Crippen LogP) is 3.51. The van der Waals surface area contributed by atoms with Crippen LogP contribution in [0.2, 0.25) is 0 Å². The highest BCUT2D eigenvalue weighted by atomic mass is 32.1. The fourth-order valence-electron chi connectivity index (χ4n) is 2.13. The van der Waals surface area contributed by atoms with Crippen molar-refractivity contribution < 1.29 is 8.81 Å². The molecule has 0 spiro atoms. The number of para-hydroxylation sites is 1. The lowest BCUT2D eigenvalue weighted by Crippen LogP contribution is -2.23. The van der Waals surface area contributed by atoms with E-state index in [-0.39, 0.29) is 17.4 Å². The second-order valence-corrected chi connectivity index (χ2v) is 5.08. The molecule has 104 valence electrons. The Labute approximate surface area is 120 Å². The molecule has 1 N–H and O–H groups in total. The Bertz CT molecular complexity index is 696. The predicted molar refractivity (Wildman–Crippen MR) is 76.2 cm³/mol. The third-order valence-electron chi connectivity index (χ3n) is 3.07. The van der Waals surface area contributed by atoms with E-state index in [2.05, 4.69) is 21.0 Å². The van der Waals surface area contributed by atoms with Crippen LogP contribution in [0, 0.1) is 5.82 Å². The molecule has 0 aliphatic rings. The van der Waals surface area contributed by atoms with Gasteiger partial charge in [0.25, 0.3) is 0 Å². The highest BCUT2D eigenvalue weighted by Crippen LogP contribution is 2.29. The normalized spacial score (nSPS) is 12.9. The summed E-state index contributed by atoms with van der Waals surface area (Å²) in [7, 11) is 0. The Balaban J connectivity index is 2.02. The van der Waals surface area contributed by atoms with E-state index < -0.39 is 0 Å². The van der Waals surface area contributed by atoms with Crippen molar-refractivity contribution in [2.45, 2.75) is 19.4 Å². The topological polar surface area (TPSA) is 51.0 Å². The van der Waals surface area contributed by atoms with E-state index in [4.69, 9.17) is 4.42 Å². The van der Waals surface area contributed by atoms with Gasteiger partial charge in [0.15, 0.2) is 11.4 Å². The quantitative estimate of drug-likeness (QED) is 0.781. The molecule has 0 aliphatic heterocycles. The number of furan rings is 1. The third-order valence-corrected chi connectivity index (χ3v) is 3.56. The van der Waals surface area contributed by atoms with E-state index in [1.807, 2.05) is 12.1 Å². The molecule has 4 nitrogen and oxygen atoms in total. The Kier molecular flexibility index (Phi) is 3.75. The molecule has 3 rings (SSSR count). The van der Waals surface area contributed by atoms with Gasteiger partial charge in [0.1, 0.15) is 11.8 Å². The van der Waals surface area contributed by atoms with Crippen molar-refractivity contribution in [2.24, 2.45) is 0 Å². The van der Waals surface area contributed by atoms with E-state index >= 15 is 0 Å². The second kappa shape index (κ2) is 5.68. The minimum absolute atomic E-state index is 0.194. The van der Waals surface area contributed by atoms with Gasteiger partial charge in [-0.3, -0.25) is 0 Å². The molecule has 0 amide bonds. The molecule has 2 heterocycles. The molecule has 1 unspecified atom stereocenters. The largest absolute Gasteiger partial charge is 0.456 e. The molecule has 20 heavy (non-hydrogen) atoms. The zero-order chi connectivity index (χ0) is 13.9. The summed E-state index contributed by atoms with van der Waals surface area (Å²) in [5.41, 5.74) is 1.08. The van der Waals surface area contributed by atoms with Gasteiger partial charge in [-0.1, -0.05) is 19.1 Å². The molecule has 0 saturated carbocycles. The van der Waals surface area contributed by atoms with Crippen LogP contribution in [0.5, 0.6) is 0 Å². The van der Waals surface area contributed by atoms with Crippen LogP contribution in [0.3, 0.4) is 0 Å². The minimum atomic E-state index is -0.348. The molecule has 6 heteroatoms. The molecule has 1 atom stereocenters.